The molecule has 0 saturated carbocycles. The van der Waals surface area contributed by atoms with Gasteiger partial charge in [0.2, 0.25) is 11.8 Å². The highest BCUT2D eigenvalue weighted by Gasteiger charge is 2.15. The molecule has 0 aliphatic carbocycles. The van der Waals surface area contributed by atoms with Crippen molar-refractivity contribution >= 4 is 17.5 Å². The van der Waals surface area contributed by atoms with E-state index in [0.29, 0.717) is 18.8 Å². The van der Waals surface area contributed by atoms with Gasteiger partial charge in [-0.2, -0.15) is 0 Å². The number of carbonyl (C=O) groups is 2. The Kier molecular flexibility index (Phi) is 5.99. The average Bonchev–Trinajstić information content (AvgIpc) is 2.39. The van der Waals surface area contributed by atoms with E-state index in [-0.39, 0.29) is 19.0 Å². The summed E-state index contributed by atoms with van der Waals surface area (Å²) in [5, 5.41) is 0. The van der Waals surface area contributed by atoms with Crippen molar-refractivity contribution in [3.05, 3.63) is 29.8 Å². The smallest absolute Gasteiger partial charge is 0.236 e. The minimum Gasteiger partial charge on any atom is -0.399 e. The number of carbonyl (C=O) groups excluding carboxylic acids is 2. The summed E-state index contributed by atoms with van der Waals surface area (Å²) in [4.78, 5) is 26.4. The molecule has 1 aromatic rings. The van der Waals surface area contributed by atoms with Crippen LogP contribution in [0.2, 0.25) is 0 Å². The lowest BCUT2D eigenvalue weighted by molar-refractivity contribution is -0.131. The maximum Gasteiger partial charge on any atom is 0.236 e. The summed E-state index contributed by atoms with van der Waals surface area (Å²) in [6, 6.07) is 7.32. The molecule has 1 aromatic carbocycles. The number of hydrogen-bond acceptors (Lipinski definition) is 4. The van der Waals surface area contributed by atoms with E-state index in [0.717, 1.165) is 5.56 Å². The number of anilines is 1. The highest BCUT2D eigenvalue weighted by atomic mass is 16.2. The van der Waals surface area contributed by atoms with Crippen LogP contribution in [0, 0.1) is 0 Å². The van der Waals surface area contributed by atoms with Crippen LogP contribution < -0.4 is 11.5 Å². The molecule has 0 spiro atoms. The van der Waals surface area contributed by atoms with E-state index in [1.807, 2.05) is 19.1 Å². The second-order valence-corrected chi connectivity index (χ2v) is 4.76. The number of rotatable bonds is 7. The van der Waals surface area contributed by atoms with Crippen molar-refractivity contribution in [3.63, 3.8) is 0 Å². The van der Waals surface area contributed by atoms with Crippen LogP contribution in [0.25, 0.3) is 0 Å². The van der Waals surface area contributed by atoms with Gasteiger partial charge in [-0.25, -0.2) is 0 Å². The first-order valence-corrected chi connectivity index (χ1v) is 6.51. The van der Waals surface area contributed by atoms with Gasteiger partial charge in [0.15, 0.2) is 0 Å². The molecule has 0 bridgehead atoms. The largest absolute Gasteiger partial charge is 0.399 e. The number of nitrogens with zero attached hydrogens (tertiary/aromatic N) is 2. The quantitative estimate of drug-likeness (QED) is 0.688. The third-order valence-electron chi connectivity index (χ3n) is 3.02. The van der Waals surface area contributed by atoms with Crippen LogP contribution >= 0.6 is 0 Å². The molecular weight excluding hydrogens is 256 g/mol. The normalized spacial score (nSPS) is 10.6. The second-order valence-electron chi connectivity index (χ2n) is 4.76. The molecule has 4 N–H and O–H groups in total. The fourth-order valence-corrected chi connectivity index (χ4v) is 1.76. The first-order valence-electron chi connectivity index (χ1n) is 6.51. The Morgan fingerprint density at radius 3 is 2.25 bits per heavy atom. The number of nitrogen functional groups attached to an aromatic ring is 1. The minimum absolute atomic E-state index is 0.0378. The SMILES string of the molecule is CCN(C)C(=O)CN(CC(N)=O)Cc1ccc(N)cc1. The van der Waals surface area contributed by atoms with Gasteiger partial charge in [0.1, 0.15) is 0 Å². The minimum atomic E-state index is -0.451. The maximum absolute atomic E-state index is 11.9. The van der Waals surface area contributed by atoms with Gasteiger partial charge in [-0.3, -0.25) is 14.5 Å². The van der Waals surface area contributed by atoms with E-state index in [1.54, 1.807) is 29.0 Å². The number of hydrogen-bond donors (Lipinski definition) is 2. The molecule has 0 aromatic heterocycles. The van der Waals surface area contributed by atoms with E-state index in [4.69, 9.17) is 11.5 Å². The van der Waals surface area contributed by atoms with E-state index in [1.165, 1.54) is 0 Å². The first-order chi connectivity index (χ1) is 9.42. The lowest BCUT2D eigenvalue weighted by Gasteiger charge is -2.23. The molecule has 6 heteroatoms. The zero-order chi connectivity index (χ0) is 15.1. The van der Waals surface area contributed by atoms with E-state index in [9.17, 15) is 9.59 Å². The van der Waals surface area contributed by atoms with Crippen LogP contribution in [0.1, 0.15) is 12.5 Å². The van der Waals surface area contributed by atoms with Gasteiger partial charge >= 0.3 is 0 Å². The Balaban J connectivity index is 2.71. The van der Waals surface area contributed by atoms with Crippen LogP contribution in [-0.4, -0.2) is 48.3 Å². The fraction of sp³-hybridized carbons (Fsp3) is 0.429. The standard InChI is InChI=1S/C14H22N4O2/c1-3-17(2)14(20)10-18(9-13(16)19)8-11-4-6-12(15)7-5-11/h4-7H,3,8-10,15H2,1-2H3,(H2,16,19). The van der Waals surface area contributed by atoms with E-state index in [2.05, 4.69) is 0 Å². The van der Waals surface area contributed by atoms with Crippen LogP contribution in [-0.2, 0) is 16.1 Å². The lowest BCUT2D eigenvalue weighted by atomic mass is 10.2. The summed E-state index contributed by atoms with van der Waals surface area (Å²) < 4.78 is 0. The summed E-state index contributed by atoms with van der Waals surface area (Å²) in [6.45, 7) is 3.22. The van der Waals surface area contributed by atoms with Crippen molar-refractivity contribution in [1.82, 2.24) is 9.80 Å². The fourth-order valence-electron chi connectivity index (χ4n) is 1.76. The van der Waals surface area contributed by atoms with Gasteiger partial charge in [-0.05, 0) is 24.6 Å². The highest BCUT2D eigenvalue weighted by Crippen LogP contribution is 2.08. The molecule has 0 aliphatic rings. The van der Waals surface area contributed by atoms with Gasteiger partial charge in [0.25, 0.3) is 0 Å². The molecule has 0 unspecified atom stereocenters. The maximum atomic E-state index is 11.9. The number of nitrogens with two attached hydrogens (primary N) is 2. The van der Waals surface area contributed by atoms with Crippen LogP contribution in [0.4, 0.5) is 5.69 Å². The average molecular weight is 278 g/mol. The van der Waals surface area contributed by atoms with Gasteiger partial charge in [0, 0.05) is 25.8 Å². The summed E-state index contributed by atoms with van der Waals surface area (Å²) in [7, 11) is 1.73. The highest BCUT2D eigenvalue weighted by molar-refractivity contribution is 5.80. The molecule has 2 amide bonds. The predicted octanol–water partition coefficient (Wildman–Crippen LogP) is 0.0344. The number of primary amides is 1. The predicted molar refractivity (Wildman–Crippen MR) is 78.6 cm³/mol. The third kappa shape index (κ3) is 5.27. The summed E-state index contributed by atoms with van der Waals surface area (Å²) in [6.07, 6.45) is 0. The molecule has 110 valence electrons. The van der Waals surface area contributed by atoms with E-state index < -0.39 is 5.91 Å². The van der Waals surface area contributed by atoms with Crippen molar-refractivity contribution in [3.8, 4) is 0 Å². The van der Waals surface area contributed by atoms with Crippen LogP contribution in [0.3, 0.4) is 0 Å². The molecule has 1 rings (SSSR count). The van der Waals surface area contributed by atoms with E-state index >= 15 is 0 Å². The monoisotopic (exact) mass is 278 g/mol. The van der Waals surface area contributed by atoms with Gasteiger partial charge < -0.3 is 16.4 Å². The topological polar surface area (TPSA) is 92.7 Å². The molecule has 0 atom stereocenters. The Hall–Kier alpha value is -2.08. The third-order valence-corrected chi connectivity index (χ3v) is 3.02. The van der Waals surface area contributed by atoms with Crippen LogP contribution in [0.15, 0.2) is 24.3 Å². The van der Waals surface area contributed by atoms with Gasteiger partial charge in [-0.15, -0.1) is 0 Å². The summed E-state index contributed by atoms with van der Waals surface area (Å²) in [5.74, 6) is -0.489. The number of amides is 2. The summed E-state index contributed by atoms with van der Waals surface area (Å²) >= 11 is 0. The Labute approximate surface area is 119 Å². The van der Waals surface area contributed by atoms with Crippen LogP contribution in [0.5, 0.6) is 0 Å². The molecular formula is C14H22N4O2. The first kappa shape index (κ1) is 16.0. The Morgan fingerprint density at radius 1 is 1.15 bits per heavy atom. The molecule has 0 saturated heterocycles. The molecule has 0 fully saturated rings. The van der Waals surface area contributed by atoms with Gasteiger partial charge in [0.05, 0.1) is 13.1 Å². The molecule has 20 heavy (non-hydrogen) atoms. The van der Waals surface area contributed by atoms with Crippen molar-refractivity contribution in [2.45, 2.75) is 13.5 Å². The van der Waals surface area contributed by atoms with Crippen molar-refractivity contribution in [1.29, 1.82) is 0 Å². The Bertz CT molecular complexity index is 459. The lowest BCUT2D eigenvalue weighted by Crippen LogP contribution is -2.41. The van der Waals surface area contributed by atoms with Crippen molar-refractivity contribution in [2.75, 3.05) is 32.4 Å². The summed E-state index contributed by atoms with van der Waals surface area (Å²) in [5.41, 5.74) is 12.5. The second kappa shape index (κ2) is 7.49. The van der Waals surface area contributed by atoms with Crippen molar-refractivity contribution < 1.29 is 9.59 Å². The molecule has 0 heterocycles. The van der Waals surface area contributed by atoms with Crippen molar-refractivity contribution in [2.24, 2.45) is 5.73 Å². The number of likely N-dealkylation sites (N-methyl/N-ethyl adjacent to an activating group) is 1. The van der Waals surface area contributed by atoms with Gasteiger partial charge in [-0.1, -0.05) is 12.1 Å². The number of benzene rings is 1. The molecule has 0 aliphatic heterocycles. The molecule has 0 radical (unpaired) electrons. The molecule has 6 nitrogen and oxygen atoms in total. The zero-order valence-electron chi connectivity index (χ0n) is 12.0. The zero-order valence-corrected chi connectivity index (χ0v) is 12.0. The Morgan fingerprint density at radius 2 is 1.75 bits per heavy atom.